The van der Waals surface area contributed by atoms with E-state index >= 15 is 0 Å². The number of aromatic hydroxyl groups is 1. The number of likely N-dealkylation sites (tertiary alicyclic amines) is 1. The summed E-state index contributed by atoms with van der Waals surface area (Å²) in [5, 5.41) is 22.9. The van der Waals surface area contributed by atoms with E-state index < -0.39 is 17.1 Å². The molecule has 5 aliphatic carbocycles. The lowest BCUT2D eigenvalue weighted by Crippen LogP contribution is -2.78. The standard InChI is InChI=1S/C27H30N2O4/c1-3-11-28(2)23(31)18-14-25-8-9-27(18,32)24-26(25)10-12-29(15-16-4-5-16)20(25)13-17-6-7-19(30)22(33-24)21(17)26/h1,6-7,14,16,20,24,30,32H,4-5,8-13,15H2,2H3/t20-,24-,25-,26+,27-/m1/s1. The number of amides is 1. The number of likely N-dealkylation sites (N-methyl/N-ethyl adjacent to an activating group) is 1. The third-order valence-corrected chi connectivity index (χ3v) is 9.74. The molecule has 8 rings (SSSR count). The summed E-state index contributed by atoms with van der Waals surface area (Å²) < 4.78 is 6.52. The van der Waals surface area contributed by atoms with Gasteiger partial charge in [0.15, 0.2) is 11.5 Å². The molecule has 1 amide bonds. The third-order valence-electron chi connectivity index (χ3n) is 9.74. The van der Waals surface area contributed by atoms with Crippen LogP contribution in [-0.2, 0) is 16.6 Å². The van der Waals surface area contributed by atoms with Gasteiger partial charge in [-0.2, -0.15) is 0 Å². The highest BCUT2D eigenvalue weighted by atomic mass is 16.5. The minimum atomic E-state index is -1.40. The molecule has 2 N–H and O–H groups in total. The Labute approximate surface area is 194 Å². The smallest absolute Gasteiger partial charge is 0.253 e. The van der Waals surface area contributed by atoms with Crippen LogP contribution in [0.3, 0.4) is 0 Å². The molecule has 1 saturated heterocycles. The van der Waals surface area contributed by atoms with Gasteiger partial charge in [0, 0.05) is 36.2 Å². The molecule has 6 nitrogen and oxygen atoms in total. The van der Waals surface area contributed by atoms with E-state index in [1.165, 1.54) is 23.3 Å². The van der Waals surface area contributed by atoms with Crippen molar-refractivity contribution in [2.24, 2.45) is 11.3 Å². The van der Waals surface area contributed by atoms with Crippen molar-refractivity contribution in [2.45, 2.75) is 61.7 Å². The first kappa shape index (κ1) is 19.9. The Hall–Kier alpha value is -2.49. The van der Waals surface area contributed by atoms with E-state index in [0.29, 0.717) is 17.7 Å². The summed E-state index contributed by atoms with van der Waals surface area (Å²) in [6.45, 7) is 2.26. The largest absolute Gasteiger partial charge is 0.504 e. The molecule has 2 aliphatic heterocycles. The van der Waals surface area contributed by atoms with E-state index in [4.69, 9.17) is 11.2 Å². The normalized spacial score (nSPS) is 39.4. The van der Waals surface area contributed by atoms with Gasteiger partial charge >= 0.3 is 0 Å². The first-order chi connectivity index (χ1) is 15.9. The second-order valence-electron chi connectivity index (χ2n) is 11.2. The van der Waals surface area contributed by atoms with Crippen LogP contribution in [0.1, 0.15) is 43.2 Å². The van der Waals surface area contributed by atoms with E-state index in [9.17, 15) is 15.0 Å². The number of carbonyl (C=O) groups is 1. The number of hydrogen-bond acceptors (Lipinski definition) is 5. The monoisotopic (exact) mass is 446 g/mol. The van der Waals surface area contributed by atoms with E-state index in [0.717, 1.165) is 43.8 Å². The summed E-state index contributed by atoms with van der Waals surface area (Å²) in [6, 6.07) is 4.03. The van der Waals surface area contributed by atoms with Gasteiger partial charge in [0.2, 0.25) is 0 Å². The van der Waals surface area contributed by atoms with Crippen LogP contribution < -0.4 is 4.74 Å². The van der Waals surface area contributed by atoms with E-state index in [1.807, 2.05) is 6.07 Å². The molecular formula is C27H30N2O4. The third kappa shape index (κ3) is 2.17. The molecule has 33 heavy (non-hydrogen) atoms. The molecule has 2 saturated carbocycles. The molecule has 0 aromatic heterocycles. The van der Waals surface area contributed by atoms with Gasteiger partial charge < -0.3 is 19.8 Å². The minimum Gasteiger partial charge on any atom is -0.504 e. The summed E-state index contributed by atoms with van der Waals surface area (Å²) in [6.07, 6.45) is 12.7. The van der Waals surface area contributed by atoms with Crippen LogP contribution >= 0.6 is 0 Å². The number of carbonyl (C=O) groups excluding carboxylic acids is 1. The second kappa shape index (κ2) is 6.14. The fraction of sp³-hybridized carbons (Fsp3) is 0.593. The number of hydrogen-bond donors (Lipinski definition) is 2. The van der Waals surface area contributed by atoms with Crippen molar-refractivity contribution in [2.75, 3.05) is 26.7 Å². The van der Waals surface area contributed by atoms with E-state index in [1.54, 1.807) is 13.1 Å². The maximum absolute atomic E-state index is 13.6. The Morgan fingerprint density at radius 2 is 2.15 bits per heavy atom. The first-order valence-electron chi connectivity index (χ1n) is 12.3. The van der Waals surface area contributed by atoms with Crippen LogP contribution in [0.2, 0.25) is 0 Å². The predicted molar refractivity (Wildman–Crippen MR) is 122 cm³/mol. The SMILES string of the molecule is C#CCN(C)C(=O)C1=C[C@@]23CC[C@]1(O)[C@@H]1Oc4c(O)ccc5c4[C@@]12CCN(CC1CC1)[C@@H]3C5. The molecule has 2 heterocycles. The molecule has 5 atom stereocenters. The van der Waals surface area contributed by atoms with Crippen molar-refractivity contribution < 1.29 is 19.7 Å². The number of ether oxygens (including phenoxy) is 1. The first-order valence-corrected chi connectivity index (χ1v) is 12.3. The van der Waals surface area contributed by atoms with Crippen LogP contribution in [0.15, 0.2) is 23.8 Å². The van der Waals surface area contributed by atoms with Gasteiger partial charge in [-0.15, -0.1) is 6.42 Å². The van der Waals surface area contributed by atoms with Crippen LogP contribution in [-0.4, -0.2) is 70.3 Å². The van der Waals surface area contributed by atoms with Crippen molar-refractivity contribution in [1.82, 2.24) is 9.80 Å². The van der Waals surface area contributed by atoms with Gasteiger partial charge in [-0.3, -0.25) is 9.69 Å². The fourth-order valence-electron chi connectivity index (χ4n) is 8.22. The van der Waals surface area contributed by atoms with Crippen LogP contribution in [0.5, 0.6) is 11.5 Å². The lowest BCUT2D eigenvalue weighted by Gasteiger charge is -2.70. The number of aliphatic hydroxyl groups is 1. The molecule has 0 radical (unpaired) electrons. The summed E-state index contributed by atoms with van der Waals surface area (Å²) in [7, 11) is 1.69. The Morgan fingerprint density at radius 1 is 1.33 bits per heavy atom. The van der Waals surface area contributed by atoms with E-state index in [-0.39, 0.29) is 29.7 Å². The lowest BCUT2D eigenvalue weighted by atomic mass is 9.38. The lowest BCUT2D eigenvalue weighted by molar-refractivity contribution is -0.188. The van der Waals surface area contributed by atoms with Gasteiger partial charge in [-0.25, -0.2) is 0 Å². The van der Waals surface area contributed by atoms with Crippen LogP contribution in [0.4, 0.5) is 0 Å². The summed E-state index contributed by atoms with van der Waals surface area (Å²) in [5.74, 6) is 3.76. The highest BCUT2D eigenvalue weighted by molar-refractivity contribution is 5.97. The number of phenolic OH excluding ortho intramolecular Hbond substituents is 1. The second-order valence-corrected chi connectivity index (χ2v) is 11.2. The molecule has 6 heteroatoms. The Balaban J connectivity index is 1.47. The Kier molecular flexibility index (Phi) is 3.71. The number of nitrogens with zero attached hydrogens (tertiary/aromatic N) is 2. The Bertz CT molecular complexity index is 1170. The van der Waals surface area contributed by atoms with Crippen LogP contribution in [0.25, 0.3) is 0 Å². The number of terminal acetylenes is 1. The topological polar surface area (TPSA) is 73.2 Å². The summed E-state index contributed by atoms with van der Waals surface area (Å²) >= 11 is 0. The number of fused-ring (bicyclic) bond motifs is 1. The zero-order chi connectivity index (χ0) is 22.8. The van der Waals surface area contributed by atoms with Crippen LogP contribution in [0, 0.1) is 23.7 Å². The molecule has 7 aliphatic rings. The molecule has 2 spiro atoms. The summed E-state index contributed by atoms with van der Waals surface area (Å²) in [5.41, 5.74) is 0.631. The zero-order valence-corrected chi connectivity index (χ0v) is 19.0. The van der Waals surface area contributed by atoms with Crippen molar-refractivity contribution in [3.8, 4) is 23.8 Å². The molecule has 1 aromatic rings. The molecule has 1 aromatic carbocycles. The van der Waals surface area contributed by atoms with Crippen molar-refractivity contribution >= 4 is 5.91 Å². The maximum Gasteiger partial charge on any atom is 0.253 e. The average molecular weight is 447 g/mol. The number of piperidine rings is 1. The van der Waals surface area contributed by atoms with Crippen molar-refractivity contribution in [3.63, 3.8) is 0 Å². The van der Waals surface area contributed by atoms with Gasteiger partial charge in [0.25, 0.3) is 5.91 Å². The van der Waals surface area contributed by atoms with Gasteiger partial charge in [-0.05, 0) is 62.6 Å². The van der Waals surface area contributed by atoms with Gasteiger partial charge in [0.1, 0.15) is 11.7 Å². The van der Waals surface area contributed by atoms with Crippen molar-refractivity contribution in [1.29, 1.82) is 0 Å². The zero-order valence-electron chi connectivity index (χ0n) is 19.0. The predicted octanol–water partition coefficient (Wildman–Crippen LogP) is 1.97. The fourth-order valence-corrected chi connectivity index (χ4v) is 8.22. The minimum absolute atomic E-state index is 0.131. The molecular weight excluding hydrogens is 416 g/mol. The number of phenols is 1. The van der Waals surface area contributed by atoms with E-state index in [2.05, 4.69) is 16.9 Å². The number of rotatable bonds is 4. The molecule has 0 unspecified atom stereocenters. The maximum atomic E-state index is 13.6. The highest BCUT2D eigenvalue weighted by Crippen LogP contribution is 2.74. The number of benzene rings is 1. The average Bonchev–Trinajstić information content (AvgIpc) is 3.54. The molecule has 172 valence electrons. The van der Waals surface area contributed by atoms with Crippen molar-refractivity contribution in [3.05, 3.63) is 34.9 Å². The van der Waals surface area contributed by atoms with Gasteiger partial charge in [-0.1, -0.05) is 18.1 Å². The molecule has 4 bridgehead atoms. The molecule has 3 fully saturated rings. The highest BCUT2D eigenvalue weighted by Gasteiger charge is 2.78. The quantitative estimate of drug-likeness (QED) is 0.692. The van der Waals surface area contributed by atoms with Gasteiger partial charge in [0.05, 0.1) is 12.0 Å². The summed E-state index contributed by atoms with van der Waals surface area (Å²) in [4.78, 5) is 17.7. The Morgan fingerprint density at radius 3 is 2.91 bits per heavy atom.